The number of rotatable bonds is 4. The van der Waals surface area contributed by atoms with Gasteiger partial charge in [-0.05, 0) is 24.1 Å². The lowest BCUT2D eigenvalue weighted by atomic mass is 9.47. The van der Waals surface area contributed by atoms with Crippen molar-refractivity contribution in [3.63, 3.8) is 0 Å². The van der Waals surface area contributed by atoms with Gasteiger partial charge in [0.1, 0.15) is 5.75 Å². The number of hydrogen-bond donors (Lipinski definition) is 2. The van der Waals surface area contributed by atoms with Gasteiger partial charge in [-0.25, -0.2) is 0 Å². The number of carbonyl (C=O) groups excluding carboxylic acids is 1. The van der Waals surface area contributed by atoms with E-state index in [1.54, 1.807) is 31.4 Å². The van der Waals surface area contributed by atoms with Crippen LogP contribution in [0.15, 0.2) is 24.3 Å². The number of nitrogens with one attached hydrogen (secondary N) is 1. The standard InChI is InChI=1S/C20H21N5O2/c1-3-4-15-16(13-5-7-14(27-2)8-6-13)19(11-22,12-23)18(10-21)9-20(15,24)25-17(18)26/h5-8,15-16H,3-4,9,24H2,1-2H3,(H,25,26)/t15-,16+,18-,20+/m0/s1. The lowest BCUT2D eigenvalue weighted by Crippen LogP contribution is -2.62. The van der Waals surface area contributed by atoms with Gasteiger partial charge in [0, 0.05) is 18.3 Å². The van der Waals surface area contributed by atoms with Crippen LogP contribution in [0.25, 0.3) is 0 Å². The van der Waals surface area contributed by atoms with E-state index >= 15 is 0 Å². The van der Waals surface area contributed by atoms with E-state index in [2.05, 4.69) is 17.5 Å². The number of benzene rings is 1. The molecule has 1 aliphatic carbocycles. The summed E-state index contributed by atoms with van der Waals surface area (Å²) in [6, 6.07) is 13.2. The quantitative estimate of drug-likeness (QED) is 0.839. The number of fused-ring (bicyclic) bond motifs is 2. The largest absolute Gasteiger partial charge is 0.497 e. The maximum atomic E-state index is 12.8. The molecule has 2 fully saturated rings. The molecule has 7 heteroatoms. The molecule has 1 saturated heterocycles. The number of ether oxygens (including phenoxy) is 1. The molecule has 1 heterocycles. The van der Waals surface area contributed by atoms with E-state index in [9.17, 15) is 20.6 Å². The molecule has 0 radical (unpaired) electrons. The van der Waals surface area contributed by atoms with Gasteiger partial charge >= 0.3 is 0 Å². The van der Waals surface area contributed by atoms with E-state index < -0.39 is 28.3 Å². The van der Waals surface area contributed by atoms with Gasteiger partial charge in [-0.3, -0.25) is 4.79 Å². The van der Waals surface area contributed by atoms with Crippen LogP contribution in [0.4, 0.5) is 0 Å². The number of hydrogen-bond acceptors (Lipinski definition) is 6. The predicted molar refractivity (Wildman–Crippen MR) is 95.5 cm³/mol. The summed E-state index contributed by atoms with van der Waals surface area (Å²) >= 11 is 0. The maximum absolute atomic E-state index is 12.8. The van der Waals surface area contributed by atoms with Gasteiger partial charge in [0.05, 0.1) is 31.0 Å². The highest BCUT2D eigenvalue weighted by atomic mass is 16.5. The Morgan fingerprint density at radius 1 is 1.22 bits per heavy atom. The van der Waals surface area contributed by atoms with Crippen LogP contribution < -0.4 is 15.8 Å². The van der Waals surface area contributed by atoms with E-state index in [1.165, 1.54) is 0 Å². The molecule has 7 nitrogen and oxygen atoms in total. The Balaban J connectivity index is 2.31. The second-order valence-corrected chi connectivity index (χ2v) is 7.37. The fourth-order valence-electron chi connectivity index (χ4n) is 4.85. The Morgan fingerprint density at radius 2 is 1.85 bits per heavy atom. The predicted octanol–water partition coefficient (Wildman–Crippen LogP) is 1.93. The summed E-state index contributed by atoms with van der Waals surface area (Å²) in [6.07, 6.45) is 1.33. The Kier molecular flexibility index (Phi) is 4.34. The third-order valence-corrected chi connectivity index (χ3v) is 6.11. The van der Waals surface area contributed by atoms with Crippen molar-refractivity contribution in [2.45, 2.75) is 37.8 Å². The highest BCUT2D eigenvalue weighted by Gasteiger charge is 2.76. The average Bonchev–Trinajstić information content (AvgIpc) is 2.94. The number of nitriles is 3. The third-order valence-electron chi connectivity index (χ3n) is 6.11. The highest BCUT2D eigenvalue weighted by molar-refractivity contribution is 5.92. The second kappa shape index (κ2) is 6.27. The number of nitrogens with zero attached hydrogens (tertiary/aromatic N) is 3. The van der Waals surface area contributed by atoms with Crippen molar-refractivity contribution in [3.8, 4) is 24.0 Å². The van der Waals surface area contributed by atoms with E-state index in [4.69, 9.17) is 10.5 Å². The molecule has 1 aromatic rings. The smallest absolute Gasteiger partial charge is 0.244 e. The molecule has 1 saturated carbocycles. The van der Waals surface area contributed by atoms with E-state index in [1.807, 2.05) is 13.0 Å². The van der Waals surface area contributed by atoms with Gasteiger partial charge in [-0.2, -0.15) is 15.8 Å². The zero-order valence-electron chi connectivity index (χ0n) is 15.3. The Hall–Kier alpha value is -3.08. The van der Waals surface area contributed by atoms with E-state index in [-0.39, 0.29) is 12.3 Å². The normalized spacial score (nSPS) is 33.3. The molecule has 3 rings (SSSR count). The van der Waals surface area contributed by atoms with Crippen molar-refractivity contribution in [1.82, 2.24) is 5.32 Å². The summed E-state index contributed by atoms with van der Waals surface area (Å²) in [4.78, 5) is 12.8. The van der Waals surface area contributed by atoms with Crippen molar-refractivity contribution < 1.29 is 9.53 Å². The highest BCUT2D eigenvalue weighted by Crippen LogP contribution is 2.64. The molecule has 0 aromatic heterocycles. The van der Waals surface area contributed by atoms with Gasteiger partial charge in [-0.1, -0.05) is 25.5 Å². The lowest BCUT2D eigenvalue weighted by Gasteiger charge is -2.50. The van der Waals surface area contributed by atoms with Crippen LogP contribution in [0, 0.1) is 50.7 Å². The Labute approximate surface area is 158 Å². The summed E-state index contributed by atoms with van der Waals surface area (Å²) < 4.78 is 5.19. The van der Waals surface area contributed by atoms with Gasteiger partial charge < -0.3 is 15.8 Å². The molecule has 2 aliphatic rings. The van der Waals surface area contributed by atoms with E-state index in [0.29, 0.717) is 17.7 Å². The molecule has 1 amide bonds. The average molecular weight is 363 g/mol. The topological polar surface area (TPSA) is 136 Å². The molecule has 4 atom stereocenters. The third kappa shape index (κ3) is 2.24. The van der Waals surface area contributed by atoms with Crippen LogP contribution in [0.3, 0.4) is 0 Å². The van der Waals surface area contributed by atoms with Crippen molar-refractivity contribution in [2.24, 2.45) is 22.5 Å². The summed E-state index contributed by atoms with van der Waals surface area (Å²) in [5.41, 5.74) is 2.49. The van der Waals surface area contributed by atoms with Crippen LogP contribution in [0.2, 0.25) is 0 Å². The Bertz CT molecular complexity index is 877. The molecule has 138 valence electrons. The van der Waals surface area contributed by atoms with Crippen molar-refractivity contribution in [1.29, 1.82) is 15.8 Å². The van der Waals surface area contributed by atoms with Gasteiger partial charge in [-0.15, -0.1) is 0 Å². The fraction of sp³-hybridized carbons (Fsp3) is 0.500. The first-order valence-corrected chi connectivity index (χ1v) is 8.87. The first kappa shape index (κ1) is 18.7. The summed E-state index contributed by atoms with van der Waals surface area (Å²) in [6.45, 7) is 1.98. The monoisotopic (exact) mass is 363 g/mol. The zero-order valence-corrected chi connectivity index (χ0v) is 15.3. The van der Waals surface area contributed by atoms with Crippen molar-refractivity contribution in [3.05, 3.63) is 29.8 Å². The van der Waals surface area contributed by atoms with Crippen molar-refractivity contribution >= 4 is 5.91 Å². The van der Waals surface area contributed by atoms with Gasteiger partial charge in [0.2, 0.25) is 5.91 Å². The first-order chi connectivity index (χ1) is 12.9. The number of nitrogens with two attached hydrogens (primary N) is 1. The molecule has 0 unspecified atom stereocenters. The zero-order chi connectivity index (χ0) is 19.9. The van der Waals surface area contributed by atoms with Gasteiger partial charge in [0.25, 0.3) is 0 Å². The summed E-state index contributed by atoms with van der Waals surface area (Å²) in [5, 5.41) is 32.9. The number of methoxy groups -OCH3 is 1. The molecule has 0 spiro atoms. The van der Waals surface area contributed by atoms with Gasteiger partial charge in [0.15, 0.2) is 10.8 Å². The molecule has 3 N–H and O–H groups in total. The summed E-state index contributed by atoms with van der Waals surface area (Å²) in [7, 11) is 1.55. The first-order valence-electron chi connectivity index (χ1n) is 8.87. The number of carbonyl (C=O) groups is 1. The minimum atomic E-state index is -1.83. The van der Waals surface area contributed by atoms with Crippen LogP contribution in [-0.2, 0) is 4.79 Å². The summed E-state index contributed by atoms with van der Waals surface area (Å²) in [5.74, 6) is -1.04. The number of amides is 1. The maximum Gasteiger partial charge on any atom is 0.244 e. The van der Waals surface area contributed by atoms with Crippen molar-refractivity contribution in [2.75, 3.05) is 7.11 Å². The van der Waals surface area contributed by atoms with Crippen LogP contribution >= 0.6 is 0 Å². The minimum absolute atomic E-state index is 0.0478. The fourth-order valence-corrected chi connectivity index (χ4v) is 4.85. The van der Waals surface area contributed by atoms with Crippen LogP contribution in [-0.4, -0.2) is 18.7 Å². The molecular weight excluding hydrogens is 342 g/mol. The minimum Gasteiger partial charge on any atom is -0.497 e. The Morgan fingerprint density at radius 3 is 2.33 bits per heavy atom. The molecule has 1 aliphatic heterocycles. The van der Waals surface area contributed by atoms with Crippen LogP contribution in [0.1, 0.15) is 37.7 Å². The molecular formula is C20H21N5O2. The van der Waals surface area contributed by atoms with E-state index in [0.717, 1.165) is 6.42 Å². The molecule has 1 aromatic carbocycles. The van der Waals surface area contributed by atoms with Crippen LogP contribution in [0.5, 0.6) is 5.75 Å². The SMILES string of the molecule is CCC[C@H]1[C@@H](c2ccc(OC)cc2)C(C#N)(C#N)[C@]2(C#N)C[C@@]1(N)NC2=O. The second-order valence-electron chi connectivity index (χ2n) is 7.37. The molecule has 27 heavy (non-hydrogen) atoms. The molecule has 2 bridgehead atoms. The lowest BCUT2D eigenvalue weighted by molar-refractivity contribution is -0.128.